The summed E-state index contributed by atoms with van der Waals surface area (Å²) in [6, 6.07) is 6.41. The van der Waals surface area contributed by atoms with E-state index in [9.17, 15) is 23.1 Å². The van der Waals surface area contributed by atoms with Crippen molar-refractivity contribution < 1.29 is 23.1 Å². The van der Waals surface area contributed by atoms with Crippen LogP contribution in [0.3, 0.4) is 0 Å². The van der Waals surface area contributed by atoms with Crippen LogP contribution in [0.25, 0.3) is 5.82 Å². The first-order chi connectivity index (χ1) is 13.7. The van der Waals surface area contributed by atoms with Crippen molar-refractivity contribution in [3.8, 4) is 5.82 Å². The molecule has 0 saturated carbocycles. The topological polar surface area (TPSA) is 96.2 Å². The van der Waals surface area contributed by atoms with E-state index in [0.717, 1.165) is 16.8 Å². The SMILES string of the molecule is O=C(CN1c2ccnn2-c2nc(C(F)(F)F)ccc2C1O)Nc1ccc(Cl)cn1. The monoisotopic (exact) mass is 424 g/mol. The maximum atomic E-state index is 13.0. The zero-order valence-corrected chi connectivity index (χ0v) is 15.2. The Morgan fingerprint density at radius 1 is 1.24 bits per heavy atom. The van der Waals surface area contributed by atoms with Gasteiger partial charge in [-0.2, -0.15) is 23.0 Å². The van der Waals surface area contributed by atoms with Crippen LogP contribution in [0.5, 0.6) is 0 Å². The van der Waals surface area contributed by atoms with E-state index in [4.69, 9.17) is 11.6 Å². The number of hydrogen-bond acceptors (Lipinski definition) is 6. The molecule has 0 spiro atoms. The lowest BCUT2D eigenvalue weighted by atomic mass is 10.1. The molecule has 12 heteroatoms. The molecule has 1 aliphatic rings. The van der Waals surface area contributed by atoms with Gasteiger partial charge in [-0.15, -0.1) is 0 Å². The minimum Gasteiger partial charge on any atom is -0.369 e. The van der Waals surface area contributed by atoms with Crippen LogP contribution >= 0.6 is 11.6 Å². The summed E-state index contributed by atoms with van der Waals surface area (Å²) in [5.74, 6) is -0.175. The lowest BCUT2D eigenvalue weighted by Gasteiger charge is -2.34. The summed E-state index contributed by atoms with van der Waals surface area (Å²) in [6.45, 7) is -0.308. The van der Waals surface area contributed by atoms with Crippen molar-refractivity contribution in [3.05, 3.63) is 59.0 Å². The molecule has 0 aromatic carbocycles. The van der Waals surface area contributed by atoms with Gasteiger partial charge in [-0.1, -0.05) is 11.6 Å². The van der Waals surface area contributed by atoms with Crippen LogP contribution in [-0.2, 0) is 11.0 Å². The van der Waals surface area contributed by atoms with Crippen LogP contribution in [0.4, 0.5) is 24.8 Å². The molecule has 3 aromatic heterocycles. The van der Waals surface area contributed by atoms with Crippen LogP contribution in [0, 0.1) is 0 Å². The van der Waals surface area contributed by atoms with Gasteiger partial charge in [-0.3, -0.25) is 4.79 Å². The lowest BCUT2D eigenvalue weighted by Crippen LogP contribution is -2.40. The van der Waals surface area contributed by atoms with Crippen molar-refractivity contribution >= 4 is 29.1 Å². The zero-order valence-electron chi connectivity index (χ0n) is 14.4. The molecule has 1 unspecified atom stereocenters. The van der Waals surface area contributed by atoms with Gasteiger partial charge in [0.25, 0.3) is 0 Å². The molecule has 0 fully saturated rings. The third kappa shape index (κ3) is 3.61. The number of aliphatic hydroxyl groups is 1. The highest BCUT2D eigenvalue weighted by molar-refractivity contribution is 6.30. The van der Waals surface area contributed by atoms with Gasteiger partial charge in [0, 0.05) is 17.8 Å². The van der Waals surface area contributed by atoms with Crippen LogP contribution in [0.1, 0.15) is 17.5 Å². The number of alkyl halides is 3. The van der Waals surface area contributed by atoms with Gasteiger partial charge < -0.3 is 15.3 Å². The average Bonchev–Trinajstić information content (AvgIpc) is 3.16. The molecule has 3 aromatic rings. The molecular weight excluding hydrogens is 413 g/mol. The fraction of sp³-hybridized carbons (Fsp3) is 0.176. The number of carbonyl (C=O) groups is 1. The predicted octanol–water partition coefficient (Wildman–Crippen LogP) is 2.78. The number of hydrogen-bond donors (Lipinski definition) is 2. The van der Waals surface area contributed by atoms with Gasteiger partial charge in [-0.05, 0) is 24.3 Å². The zero-order chi connectivity index (χ0) is 20.8. The Morgan fingerprint density at radius 2 is 2.03 bits per heavy atom. The Bertz CT molecular complexity index is 1070. The highest BCUT2D eigenvalue weighted by Crippen LogP contribution is 2.37. The molecule has 0 aliphatic carbocycles. The third-order valence-electron chi connectivity index (χ3n) is 4.20. The summed E-state index contributed by atoms with van der Waals surface area (Å²) in [5, 5.41) is 17.6. The van der Waals surface area contributed by atoms with E-state index in [1.54, 1.807) is 6.07 Å². The lowest BCUT2D eigenvalue weighted by molar-refractivity contribution is -0.141. The number of fused-ring (bicyclic) bond motifs is 3. The Labute approximate surface area is 166 Å². The molecule has 2 N–H and O–H groups in total. The van der Waals surface area contributed by atoms with Gasteiger partial charge in [0.15, 0.2) is 12.0 Å². The van der Waals surface area contributed by atoms with Gasteiger partial charge in [0.1, 0.15) is 23.9 Å². The molecule has 150 valence electrons. The fourth-order valence-electron chi connectivity index (χ4n) is 2.91. The van der Waals surface area contributed by atoms with Gasteiger partial charge in [0.2, 0.25) is 5.91 Å². The summed E-state index contributed by atoms with van der Waals surface area (Å²) in [5.41, 5.74) is -1.02. The van der Waals surface area contributed by atoms with Crippen molar-refractivity contribution in [3.63, 3.8) is 0 Å². The molecule has 29 heavy (non-hydrogen) atoms. The second kappa shape index (κ2) is 7.01. The Morgan fingerprint density at radius 3 is 2.72 bits per heavy atom. The molecule has 1 atom stereocenters. The highest BCUT2D eigenvalue weighted by Gasteiger charge is 2.37. The molecule has 1 amide bonds. The second-order valence-electron chi connectivity index (χ2n) is 6.12. The molecular formula is C17H12ClF3N6O2. The smallest absolute Gasteiger partial charge is 0.369 e. The second-order valence-corrected chi connectivity index (χ2v) is 6.56. The van der Waals surface area contributed by atoms with E-state index in [1.807, 2.05) is 0 Å². The van der Waals surface area contributed by atoms with Crippen LogP contribution in [0.2, 0.25) is 5.02 Å². The first kappa shape index (κ1) is 19.2. The quantitative estimate of drug-likeness (QED) is 0.671. The minimum absolute atomic E-state index is 0.0895. The maximum absolute atomic E-state index is 13.0. The molecule has 4 heterocycles. The summed E-state index contributed by atoms with van der Waals surface area (Å²) in [6.07, 6.45) is -3.34. The van der Waals surface area contributed by atoms with Gasteiger partial charge in [-0.25, -0.2) is 9.97 Å². The summed E-state index contributed by atoms with van der Waals surface area (Å²) < 4.78 is 40.2. The maximum Gasteiger partial charge on any atom is 0.433 e. The Kier molecular flexibility index (Phi) is 4.63. The van der Waals surface area contributed by atoms with E-state index in [1.165, 1.54) is 29.4 Å². The van der Waals surface area contributed by atoms with E-state index in [2.05, 4.69) is 20.4 Å². The third-order valence-corrected chi connectivity index (χ3v) is 4.42. The number of rotatable bonds is 3. The first-order valence-corrected chi connectivity index (χ1v) is 8.60. The number of nitrogens with zero attached hydrogens (tertiary/aromatic N) is 5. The van der Waals surface area contributed by atoms with E-state index >= 15 is 0 Å². The van der Waals surface area contributed by atoms with Crippen molar-refractivity contribution in [2.24, 2.45) is 0 Å². The van der Waals surface area contributed by atoms with Crippen LogP contribution < -0.4 is 10.2 Å². The Hall–Kier alpha value is -3.18. The van der Waals surface area contributed by atoms with E-state index in [0.29, 0.717) is 5.02 Å². The van der Waals surface area contributed by atoms with Crippen molar-refractivity contribution in [1.82, 2.24) is 19.7 Å². The van der Waals surface area contributed by atoms with Crippen molar-refractivity contribution in [2.45, 2.75) is 12.4 Å². The molecule has 4 rings (SSSR count). The molecule has 0 bridgehead atoms. The molecule has 0 saturated heterocycles. The molecule has 1 aliphatic heterocycles. The van der Waals surface area contributed by atoms with Crippen molar-refractivity contribution in [1.29, 1.82) is 0 Å². The number of pyridine rings is 2. The van der Waals surface area contributed by atoms with Crippen LogP contribution in [-0.4, -0.2) is 37.3 Å². The number of amides is 1. The normalized spacial score (nSPS) is 15.6. The van der Waals surface area contributed by atoms with Gasteiger partial charge >= 0.3 is 6.18 Å². The van der Waals surface area contributed by atoms with E-state index in [-0.39, 0.29) is 29.6 Å². The van der Waals surface area contributed by atoms with Crippen LogP contribution in [0.15, 0.2) is 42.7 Å². The molecule has 0 radical (unpaired) electrons. The number of aliphatic hydroxyl groups excluding tert-OH is 1. The predicted molar refractivity (Wildman–Crippen MR) is 96.5 cm³/mol. The Balaban J connectivity index is 1.62. The summed E-state index contributed by atoms with van der Waals surface area (Å²) >= 11 is 5.75. The number of nitrogens with one attached hydrogen (secondary N) is 1. The highest BCUT2D eigenvalue weighted by atomic mass is 35.5. The first-order valence-electron chi connectivity index (χ1n) is 8.22. The number of halogens is 4. The number of aromatic nitrogens is 4. The molecule has 8 nitrogen and oxygen atoms in total. The fourth-order valence-corrected chi connectivity index (χ4v) is 3.02. The van der Waals surface area contributed by atoms with Gasteiger partial charge in [0.05, 0.1) is 11.2 Å². The standard InChI is InChI=1S/C17H12ClF3N6O2/c18-9-1-4-12(22-7-9)25-13(28)8-26-14-5-6-23-27(14)15-10(16(26)29)2-3-11(24-15)17(19,20)21/h1-7,16,29H,8H2,(H,22,25,28). The number of carbonyl (C=O) groups excluding carboxylic acids is 1. The number of anilines is 2. The average molecular weight is 425 g/mol. The minimum atomic E-state index is -4.64. The van der Waals surface area contributed by atoms with Crippen molar-refractivity contribution in [2.75, 3.05) is 16.8 Å². The van der Waals surface area contributed by atoms with E-state index < -0.39 is 24.0 Å². The summed E-state index contributed by atoms with van der Waals surface area (Å²) in [7, 11) is 0. The largest absolute Gasteiger partial charge is 0.433 e. The summed E-state index contributed by atoms with van der Waals surface area (Å²) in [4.78, 5) is 21.3.